The fourth-order valence-corrected chi connectivity index (χ4v) is 5.79. The van der Waals surface area contributed by atoms with E-state index in [1.165, 1.54) is 116 Å². The standard InChI is InChI=1S/C36H59NO2/c1-4-6-8-10-12-14-16-18-20-24-28-37(29-25-21-19-17-15-13-11-9-7-5-2)36(39)34-31(3)30-32-26-22-23-27-33(32)35(34)38/h22-23,26-27,30,38H,4-21,24-25,28-29H2,1-3H3. The van der Waals surface area contributed by atoms with Crippen molar-refractivity contribution < 1.29 is 9.90 Å². The Morgan fingerprint density at radius 3 is 1.51 bits per heavy atom. The van der Waals surface area contributed by atoms with E-state index in [1.807, 2.05) is 42.2 Å². The van der Waals surface area contributed by atoms with E-state index in [0.29, 0.717) is 5.56 Å². The van der Waals surface area contributed by atoms with E-state index >= 15 is 0 Å². The zero-order chi connectivity index (χ0) is 28.1. The van der Waals surface area contributed by atoms with Crippen molar-refractivity contribution in [3.63, 3.8) is 0 Å². The summed E-state index contributed by atoms with van der Waals surface area (Å²) in [6.45, 7) is 8.08. The molecule has 0 saturated carbocycles. The molecular formula is C36H59NO2. The zero-order valence-corrected chi connectivity index (χ0v) is 25.7. The highest BCUT2D eigenvalue weighted by atomic mass is 16.3. The molecule has 220 valence electrons. The van der Waals surface area contributed by atoms with Crippen LogP contribution in [0.2, 0.25) is 0 Å². The number of aromatic hydroxyl groups is 1. The number of rotatable bonds is 23. The van der Waals surface area contributed by atoms with Crippen LogP contribution >= 0.6 is 0 Å². The van der Waals surface area contributed by atoms with Gasteiger partial charge in [0.2, 0.25) is 0 Å². The Morgan fingerprint density at radius 2 is 1.05 bits per heavy atom. The number of aryl methyl sites for hydroxylation is 1. The molecule has 0 atom stereocenters. The first-order valence-corrected chi connectivity index (χ1v) is 16.6. The smallest absolute Gasteiger partial charge is 0.257 e. The SMILES string of the molecule is CCCCCCCCCCCCN(CCCCCCCCCCCC)C(=O)c1c(C)cc2ccccc2c1O. The average Bonchev–Trinajstić information content (AvgIpc) is 2.93. The van der Waals surface area contributed by atoms with E-state index in [-0.39, 0.29) is 11.7 Å². The van der Waals surface area contributed by atoms with Gasteiger partial charge in [0.15, 0.2) is 0 Å². The van der Waals surface area contributed by atoms with Gasteiger partial charge in [-0.05, 0) is 30.7 Å². The van der Waals surface area contributed by atoms with Crippen molar-refractivity contribution in [2.24, 2.45) is 0 Å². The molecule has 0 fully saturated rings. The van der Waals surface area contributed by atoms with Gasteiger partial charge in [0.25, 0.3) is 5.91 Å². The third-order valence-electron chi connectivity index (χ3n) is 8.28. The molecule has 0 aromatic heterocycles. The van der Waals surface area contributed by atoms with Gasteiger partial charge in [-0.25, -0.2) is 0 Å². The van der Waals surface area contributed by atoms with Gasteiger partial charge in [-0.3, -0.25) is 4.79 Å². The highest BCUT2D eigenvalue weighted by molar-refractivity contribution is 6.05. The average molecular weight is 538 g/mol. The summed E-state index contributed by atoms with van der Waals surface area (Å²) >= 11 is 0. The minimum Gasteiger partial charge on any atom is -0.506 e. The molecule has 3 nitrogen and oxygen atoms in total. The number of hydrogen-bond acceptors (Lipinski definition) is 2. The second-order valence-electron chi connectivity index (χ2n) is 11.8. The molecular weight excluding hydrogens is 478 g/mol. The molecule has 1 amide bonds. The lowest BCUT2D eigenvalue weighted by atomic mass is 9.99. The molecule has 0 radical (unpaired) electrons. The molecule has 39 heavy (non-hydrogen) atoms. The fourth-order valence-electron chi connectivity index (χ4n) is 5.79. The van der Waals surface area contributed by atoms with Crippen molar-refractivity contribution in [1.82, 2.24) is 4.90 Å². The second kappa shape index (κ2) is 20.8. The van der Waals surface area contributed by atoms with Crippen molar-refractivity contribution in [2.45, 2.75) is 149 Å². The Hall–Kier alpha value is -2.03. The summed E-state index contributed by atoms with van der Waals surface area (Å²) in [6.07, 6.45) is 25.9. The Morgan fingerprint density at radius 1 is 0.641 bits per heavy atom. The summed E-state index contributed by atoms with van der Waals surface area (Å²) in [5, 5.41) is 12.8. The van der Waals surface area contributed by atoms with Crippen LogP contribution in [-0.2, 0) is 0 Å². The number of nitrogens with zero attached hydrogens (tertiary/aromatic N) is 1. The van der Waals surface area contributed by atoms with Gasteiger partial charge in [0, 0.05) is 18.5 Å². The van der Waals surface area contributed by atoms with Crippen molar-refractivity contribution in [3.05, 3.63) is 41.5 Å². The van der Waals surface area contributed by atoms with Gasteiger partial charge in [-0.2, -0.15) is 0 Å². The topological polar surface area (TPSA) is 40.5 Å². The molecule has 1 N–H and O–H groups in total. The van der Waals surface area contributed by atoms with E-state index in [2.05, 4.69) is 13.8 Å². The van der Waals surface area contributed by atoms with Gasteiger partial charge in [0.05, 0.1) is 5.56 Å². The van der Waals surface area contributed by atoms with E-state index in [4.69, 9.17) is 0 Å². The van der Waals surface area contributed by atoms with Crippen molar-refractivity contribution in [3.8, 4) is 5.75 Å². The Kier molecular flexibility index (Phi) is 17.7. The number of unbranched alkanes of at least 4 members (excludes halogenated alkanes) is 18. The van der Waals surface area contributed by atoms with Crippen LogP contribution in [0.1, 0.15) is 158 Å². The van der Waals surface area contributed by atoms with Crippen molar-refractivity contribution in [1.29, 1.82) is 0 Å². The number of fused-ring (bicyclic) bond motifs is 1. The van der Waals surface area contributed by atoms with Crippen LogP contribution in [0.5, 0.6) is 5.75 Å². The molecule has 0 spiro atoms. The van der Waals surface area contributed by atoms with Crippen LogP contribution in [0.15, 0.2) is 30.3 Å². The van der Waals surface area contributed by atoms with Crippen molar-refractivity contribution in [2.75, 3.05) is 13.1 Å². The largest absolute Gasteiger partial charge is 0.506 e. The summed E-state index contributed by atoms with van der Waals surface area (Å²) in [6, 6.07) is 9.86. The number of carbonyl (C=O) groups is 1. The maximum absolute atomic E-state index is 13.8. The number of amides is 1. The van der Waals surface area contributed by atoms with Gasteiger partial charge in [-0.1, -0.05) is 160 Å². The van der Waals surface area contributed by atoms with E-state index in [0.717, 1.165) is 42.3 Å². The first kappa shape index (κ1) is 33.2. The van der Waals surface area contributed by atoms with E-state index < -0.39 is 0 Å². The van der Waals surface area contributed by atoms with Gasteiger partial charge < -0.3 is 10.0 Å². The highest BCUT2D eigenvalue weighted by Gasteiger charge is 2.22. The number of phenols is 1. The third kappa shape index (κ3) is 12.8. The molecule has 0 saturated heterocycles. The Labute approximate surface area is 240 Å². The summed E-state index contributed by atoms with van der Waals surface area (Å²) in [5.41, 5.74) is 1.36. The molecule has 2 aromatic rings. The van der Waals surface area contributed by atoms with E-state index in [9.17, 15) is 9.90 Å². The normalized spacial score (nSPS) is 11.4. The number of phenolic OH excluding ortho intramolecular Hbond substituents is 1. The summed E-state index contributed by atoms with van der Waals surface area (Å²) in [5.74, 6) is 0.148. The minimum absolute atomic E-state index is 0.00241. The van der Waals surface area contributed by atoms with Crippen LogP contribution in [0.3, 0.4) is 0 Å². The monoisotopic (exact) mass is 537 g/mol. The lowest BCUT2D eigenvalue weighted by molar-refractivity contribution is 0.0745. The zero-order valence-electron chi connectivity index (χ0n) is 25.7. The Bertz CT molecular complexity index is 898. The fraction of sp³-hybridized carbons (Fsp3) is 0.694. The van der Waals surface area contributed by atoms with Crippen LogP contribution in [0, 0.1) is 6.92 Å². The van der Waals surface area contributed by atoms with E-state index in [1.54, 1.807) is 0 Å². The quantitative estimate of drug-likeness (QED) is 0.143. The molecule has 2 rings (SSSR count). The summed E-state index contributed by atoms with van der Waals surface area (Å²) in [4.78, 5) is 15.8. The molecule has 0 bridgehead atoms. The van der Waals surface area contributed by atoms with Crippen LogP contribution in [0.25, 0.3) is 10.8 Å². The predicted molar refractivity (Wildman–Crippen MR) is 170 cm³/mol. The predicted octanol–water partition coefficient (Wildman–Crippen LogP) is 11.1. The molecule has 0 unspecified atom stereocenters. The van der Waals surface area contributed by atoms with Gasteiger partial charge >= 0.3 is 0 Å². The lowest BCUT2D eigenvalue weighted by Gasteiger charge is -2.25. The molecule has 0 aliphatic carbocycles. The van der Waals surface area contributed by atoms with Crippen molar-refractivity contribution >= 4 is 16.7 Å². The minimum atomic E-state index is 0.00241. The Balaban J connectivity index is 1.86. The lowest BCUT2D eigenvalue weighted by Crippen LogP contribution is -2.33. The highest BCUT2D eigenvalue weighted by Crippen LogP contribution is 2.32. The number of benzene rings is 2. The second-order valence-corrected chi connectivity index (χ2v) is 11.8. The first-order valence-electron chi connectivity index (χ1n) is 16.6. The maximum Gasteiger partial charge on any atom is 0.257 e. The molecule has 2 aromatic carbocycles. The number of hydrogen-bond donors (Lipinski definition) is 1. The maximum atomic E-state index is 13.8. The van der Waals surface area contributed by atoms with Gasteiger partial charge in [0.1, 0.15) is 5.75 Å². The molecule has 0 aliphatic rings. The molecule has 0 aliphatic heterocycles. The summed E-state index contributed by atoms with van der Waals surface area (Å²) in [7, 11) is 0. The van der Waals surface area contributed by atoms with Crippen LogP contribution in [-0.4, -0.2) is 29.0 Å². The van der Waals surface area contributed by atoms with Gasteiger partial charge in [-0.15, -0.1) is 0 Å². The molecule has 3 heteroatoms. The third-order valence-corrected chi connectivity index (χ3v) is 8.28. The molecule has 0 heterocycles. The number of carbonyl (C=O) groups excluding carboxylic acids is 1. The summed E-state index contributed by atoms with van der Waals surface area (Å²) < 4.78 is 0. The van der Waals surface area contributed by atoms with Crippen LogP contribution in [0.4, 0.5) is 0 Å². The van der Waals surface area contributed by atoms with Crippen LogP contribution < -0.4 is 0 Å². The first-order chi connectivity index (χ1) is 19.1.